The zero-order valence-electron chi connectivity index (χ0n) is 10.1. The third-order valence-electron chi connectivity index (χ3n) is 3.28. The third-order valence-corrected chi connectivity index (χ3v) is 3.28. The van der Waals surface area contributed by atoms with Gasteiger partial charge in [0.1, 0.15) is 6.04 Å². The van der Waals surface area contributed by atoms with E-state index in [0.717, 1.165) is 12.5 Å². The predicted octanol–water partition coefficient (Wildman–Crippen LogP) is 1.78. The number of halogens is 1. The van der Waals surface area contributed by atoms with Crippen LogP contribution in [0.1, 0.15) is 18.4 Å². The quantitative estimate of drug-likeness (QED) is 0.664. The van der Waals surface area contributed by atoms with Gasteiger partial charge < -0.3 is 5.11 Å². The van der Waals surface area contributed by atoms with E-state index in [1.54, 1.807) is 4.90 Å². The van der Waals surface area contributed by atoms with Gasteiger partial charge in [0, 0.05) is 18.2 Å². The monoisotopic (exact) mass is 268 g/mol. The van der Waals surface area contributed by atoms with Gasteiger partial charge in [0.2, 0.25) is 5.82 Å². The highest BCUT2D eigenvalue weighted by Crippen LogP contribution is 2.25. The van der Waals surface area contributed by atoms with E-state index in [0.29, 0.717) is 13.0 Å². The Morgan fingerprint density at radius 2 is 2.32 bits per heavy atom. The average Bonchev–Trinajstić information content (AvgIpc) is 2.79. The summed E-state index contributed by atoms with van der Waals surface area (Å²) in [6, 6.07) is 3.30. The first-order chi connectivity index (χ1) is 9.00. The van der Waals surface area contributed by atoms with E-state index in [1.807, 2.05) is 0 Å². The highest BCUT2D eigenvalue weighted by Gasteiger charge is 2.31. The van der Waals surface area contributed by atoms with E-state index < -0.39 is 28.4 Å². The molecule has 19 heavy (non-hydrogen) atoms. The van der Waals surface area contributed by atoms with Crippen LogP contribution in [0.15, 0.2) is 18.2 Å². The number of hydrogen-bond donors (Lipinski definition) is 1. The summed E-state index contributed by atoms with van der Waals surface area (Å²) >= 11 is 0. The lowest BCUT2D eigenvalue weighted by Crippen LogP contribution is -2.35. The average molecular weight is 268 g/mol. The Morgan fingerprint density at radius 3 is 2.95 bits per heavy atom. The van der Waals surface area contributed by atoms with Crippen molar-refractivity contribution in [3.05, 3.63) is 39.7 Å². The number of rotatable bonds is 4. The van der Waals surface area contributed by atoms with Crippen molar-refractivity contribution in [2.45, 2.75) is 25.4 Å². The summed E-state index contributed by atoms with van der Waals surface area (Å²) in [6.45, 7) is 0.629. The van der Waals surface area contributed by atoms with Crippen molar-refractivity contribution in [3.8, 4) is 0 Å². The Balaban J connectivity index is 2.22. The van der Waals surface area contributed by atoms with Crippen molar-refractivity contribution < 1.29 is 19.2 Å². The molecule has 1 fully saturated rings. The molecule has 1 unspecified atom stereocenters. The third kappa shape index (κ3) is 2.70. The number of carboxylic acid groups (broad SMARTS) is 1. The first-order valence-electron chi connectivity index (χ1n) is 5.89. The maximum Gasteiger partial charge on any atom is 0.320 e. The number of carbonyl (C=O) groups is 1. The van der Waals surface area contributed by atoms with Gasteiger partial charge in [-0.1, -0.05) is 12.1 Å². The van der Waals surface area contributed by atoms with Crippen LogP contribution in [0.25, 0.3) is 0 Å². The number of nitro benzene ring substituents is 1. The number of nitro groups is 1. The molecular formula is C12H13FN2O4. The van der Waals surface area contributed by atoms with Crippen LogP contribution in [0.3, 0.4) is 0 Å². The lowest BCUT2D eigenvalue weighted by molar-refractivity contribution is -0.387. The molecule has 1 aromatic rings. The fourth-order valence-corrected chi connectivity index (χ4v) is 2.34. The molecule has 1 aromatic carbocycles. The maximum atomic E-state index is 13.9. The smallest absolute Gasteiger partial charge is 0.320 e. The van der Waals surface area contributed by atoms with Crippen LogP contribution < -0.4 is 0 Å². The zero-order chi connectivity index (χ0) is 14.0. The summed E-state index contributed by atoms with van der Waals surface area (Å²) in [5.41, 5.74) is -0.425. The van der Waals surface area contributed by atoms with Gasteiger partial charge in [-0.2, -0.15) is 4.39 Å². The fraction of sp³-hybridized carbons (Fsp3) is 0.417. The molecule has 0 saturated carbocycles. The molecule has 0 bridgehead atoms. The van der Waals surface area contributed by atoms with E-state index in [-0.39, 0.29) is 12.1 Å². The van der Waals surface area contributed by atoms with Crippen molar-refractivity contribution in [2.24, 2.45) is 0 Å². The van der Waals surface area contributed by atoms with Crippen molar-refractivity contribution in [2.75, 3.05) is 6.54 Å². The SMILES string of the molecule is O=C(O)C1CCCN1Cc1cccc([N+](=O)[O-])c1F. The molecule has 1 aliphatic heterocycles. The molecule has 1 saturated heterocycles. The minimum atomic E-state index is -0.941. The first-order valence-corrected chi connectivity index (χ1v) is 5.89. The molecule has 1 heterocycles. The highest BCUT2D eigenvalue weighted by molar-refractivity contribution is 5.73. The second-order valence-corrected chi connectivity index (χ2v) is 4.47. The Bertz CT molecular complexity index is 520. The molecule has 0 aromatic heterocycles. The molecule has 6 nitrogen and oxygen atoms in total. The zero-order valence-corrected chi connectivity index (χ0v) is 10.1. The molecule has 7 heteroatoms. The number of likely N-dealkylation sites (tertiary alicyclic amines) is 1. The second-order valence-electron chi connectivity index (χ2n) is 4.47. The van der Waals surface area contributed by atoms with E-state index in [4.69, 9.17) is 5.11 Å². The van der Waals surface area contributed by atoms with Gasteiger partial charge in [-0.15, -0.1) is 0 Å². The molecule has 1 N–H and O–H groups in total. The van der Waals surface area contributed by atoms with E-state index in [9.17, 15) is 19.3 Å². The van der Waals surface area contributed by atoms with Crippen LogP contribution in [0.4, 0.5) is 10.1 Å². The molecular weight excluding hydrogens is 255 g/mol. The Kier molecular flexibility index (Phi) is 3.75. The van der Waals surface area contributed by atoms with Gasteiger partial charge in [0.25, 0.3) is 0 Å². The predicted molar refractivity (Wildman–Crippen MR) is 64.1 cm³/mol. The fourth-order valence-electron chi connectivity index (χ4n) is 2.34. The van der Waals surface area contributed by atoms with Gasteiger partial charge in [-0.3, -0.25) is 19.8 Å². The Morgan fingerprint density at radius 1 is 1.58 bits per heavy atom. The lowest BCUT2D eigenvalue weighted by atomic mass is 10.1. The lowest BCUT2D eigenvalue weighted by Gasteiger charge is -2.21. The van der Waals surface area contributed by atoms with Gasteiger partial charge in [0.05, 0.1) is 4.92 Å². The number of benzene rings is 1. The topological polar surface area (TPSA) is 83.7 Å². The summed E-state index contributed by atoms with van der Waals surface area (Å²) in [5, 5.41) is 19.7. The first kappa shape index (κ1) is 13.4. The Labute approximate surface area is 108 Å². The number of hydrogen-bond acceptors (Lipinski definition) is 4. The van der Waals surface area contributed by atoms with Crippen LogP contribution >= 0.6 is 0 Å². The summed E-state index contributed by atoms with van der Waals surface area (Å²) in [6.07, 6.45) is 1.25. The summed E-state index contributed by atoms with van der Waals surface area (Å²) < 4.78 is 13.9. The minimum Gasteiger partial charge on any atom is -0.480 e. The van der Waals surface area contributed by atoms with Gasteiger partial charge in [-0.05, 0) is 19.4 Å². The number of nitrogens with zero attached hydrogens (tertiary/aromatic N) is 2. The van der Waals surface area contributed by atoms with Crippen LogP contribution in [-0.4, -0.2) is 33.5 Å². The van der Waals surface area contributed by atoms with E-state index in [2.05, 4.69) is 0 Å². The van der Waals surface area contributed by atoms with Gasteiger partial charge in [0.15, 0.2) is 0 Å². The largest absolute Gasteiger partial charge is 0.480 e. The standard InChI is InChI=1S/C12H13FN2O4/c13-11-8(3-1-4-9(11)15(18)19)7-14-6-2-5-10(14)12(16)17/h1,3-4,10H,2,5-7H2,(H,16,17). The van der Waals surface area contributed by atoms with Gasteiger partial charge >= 0.3 is 11.7 Å². The van der Waals surface area contributed by atoms with Crippen molar-refractivity contribution >= 4 is 11.7 Å². The van der Waals surface area contributed by atoms with E-state index >= 15 is 0 Å². The van der Waals surface area contributed by atoms with Crippen molar-refractivity contribution in [3.63, 3.8) is 0 Å². The summed E-state index contributed by atoms with van der Waals surface area (Å²) in [5.74, 6) is -1.83. The highest BCUT2D eigenvalue weighted by atomic mass is 19.1. The molecule has 102 valence electrons. The normalized spacial score (nSPS) is 19.5. The molecule has 0 amide bonds. The van der Waals surface area contributed by atoms with Crippen LogP contribution in [-0.2, 0) is 11.3 Å². The molecule has 1 aliphatic rings. The Hall–Kier alpha value is -2.02. The molecule has 0 radical (unpaired) electrons. The minimum absolute atomic E-state index is 0.0739. The van der Waals surface area contributed by atoms with Crippen LogP contribution in [0.2, 0.25) is 0 Å². The molecule has 2 rings (SSSR count). The van der Waals surface area contributed by atoms with Crippen LogP contribution in [0, 0.1) is 15.9 Å². The van der Waals surface area contributed by atoms with Gasteiger partial charge in [-0.25, -0.2) is 0 Å². The van der Waals surface area contributed by atoms with E-state index in [1.165, 1.54) is 12.1 Å². The maximum absolute atomic E-state index is 13.9. The number of carboxylic acids is 1. The number of aliphatic carboxylic acids is 1. The summed E-state index contributed by atoms with van der Waals surface area (Å²) in [4.78, 5) is 22.5. The van der Waals surface area contributed by atoms with Crippen molar-refractivity contribution in [1.82, 2.24) is 4.90 Å². The molecule has 0 spiro atoms. The van der Waals surface area contributed by atoms with Crippen LogP contribution in [0.5, 0.6) is 0 Å². The summed E-state index contributed by atoms with van der Waals surface area (Å²) in [7, 11) is 0. The molecule has 0 aliphatic carbocycles. The molecule has 1 atom stereocenters. The van der Waals surface area contributed by atoms with Crippen molar-refractivity contribution in [1.29, 1.82) is 0 Å². The second kappa shape index (κ2) is 5.31.